The summed E-state index contributed by atoms with van der Waals surface area (Å²) >= 11 is 6.11. The molecule has 3 aromatic rings. The molecule has 0 spiro atoms. The summed E-state index contributed by atoms with van der Waals surface area (Å²) in [6.07, 6.45) is 6.30. The molecule has 1 amide bonds. The zero-order chi connectivity index (χ0) is 24.8. The van der Waals surface area contributed by atoms with E-state index in [1.54, 1.807) is 6.20 Å². The predicted molar refractivity (Wildman–Crippen MR) is 143 cm³/mol. The third-order valence-corrected chi connectivity index (χ3v) is 7.02. The number of hydrogen-bond acceptors (Lipinski definition) is 4. The Balaban J connectivity index is 1.60. The first-order valence-corrected chi connectivity index (χ1v) is 13.0. The molecule has 6 heteroatoms. The maximum atomic E-state index is 13.1. The molecule has 0 saturated carbocycles. The fraction of sp³-hybridized carbons (Fsp3) is 0.414. The molecular formula is C29H35ClN4O. The number of aromatic nitrogens is 2. The predicted octanol–water partition coefficient (Wildman–Crippen LogP) is 6.34. The lowest BCUT2D eigenvalue weighted by molar-refractivity contribution is 0.0950. The first-order valence-electron chi connectivity index (χ1n) is 12.6. The Labute approximate surface area is 213 Å². The lowest BCUT2D eigenvalue weighted by Gasteiger charge is -2.26. The number of nitrogens with zero attached hydrogens (tertiary/aromatic N) is 3. The second-order valence-corrected chi connectivity index (χ2v) is 10.2. The van der Waals surface area contributed by atoms with Crippen LogP contribution in [0, 0.1) is 12.8 Å². The van der Waals surface area contributed by atoms with Crippen molar-refractivity contribution >= 4 is 23.5 Å². The molecule has 1 aliphatic rings. The molecule has 0 bridgehead atoms. The molecule has 1 aliphatic heterocycles. The summed E-state index contributed by atoms with van der Waals surface area (Å²) in [5.41, 5.74) is 5.13. The van der Waals surface area contributed by atoms with Crippen LogP contribution >= 0.6 is 11.6 Å². The van der Waals surface area contributed by atoms with Gasteiger partial charge in [0.25, 0.3) is 5.91 Å². The summed E-state index contributed by atoms with van der Waals surface area (Å²) < 4.78 is 0. The van der Waals surface area contributed by atoms with Crippen molar-refractivity contribution in [3.8, 4) is 0 Å². The van der Waals surface area contributed by atoms with E-state index >= 15 is 0 Å². The van der Waals surface area contributed by atoms with E-state index in [9.17, 15) is 4.79 Å². The van der Waals surface area contributed by atoms with E-state index in [1.807, 2.05) is 12.1 Å². The van der Waals surface area contributed by atoms with Gasteiger partial charge in [-0.1, -0.05) is 61.8 Å². The van der Waals surface area contributed by atoms with E-state index in [-0.39, 0.29) is 11.9 Å². The lowest BCUT2D eigenvalue weighted by Crippen LogP contribution is -2.29. The van der Waals surface area contributed by atoms with Crippen LogP contribution in [0.25, 0.3) is 0 Å². The van der Waals surface area contributed by atoms with Gasteiger partial charge < -0.3 is 10.2 Å². The number of halogens is 1. The number of nitrogens with one attached hydrogen (secondary N) is 1. The lowest BCUT2D eigenvalue weighted by atomic mass is 10.0. The van der Waals surface area contributed by atoms with E-state index in [4.69, 9.17) is 16.6 Å². The molecule has 35 heavy (non-hydrogen) atoms. The largest absolute Gasteiger partial charge is 0.352 e. The van der Waals surface area contributed by atoms with Crippen molar-refractivity contribution in [2.45, 2.75) is 58.9 Å². The summed E-state index contributed by atoms with van der Waals surface area (Å²) in [6, 6.07) is 16.6. The van der Waals surface area contributed by atoms with Crippen LogP contribution in [0.5, 0.6) is 0 Å². The van der Waals surface area contributed by atoms with Crippen LogP contribution in [-0.2, 0) is 12.8 Å². The maximum Gasteiger partial charge on any atom is 0.254 e. The molecule has 1 saturated heterocycles. The normalized spacial score (nSPS) is 15.6. The Morgan fingerprint density at radius 3 is 2.66 bits per heavy atom. The summed E-state index contributed by atoms with van der Waals surface area (Å²) in [6.45, 7) is 7.99. The highest BCUT2D eigenvalue weighted by Gasteiger charge is 2.29. The number of rotatable bonds is 9. The Morgan fingerprint density at radius 1 is 1.14 bits per heavy atom. The Kier molecular flexibility index (Phi) is 8.40. The minimum absolute atomic E-state index is 0.0901. The minimum atomic E-state index is -0.0901. The molecule has 2 aromatic carbocycles. The van der Waals surface area contributed by atoms with E-state index in [0.29, 0.717) is 30.4 Å². The van der Waals surface area contributed by atoms with Crippen LogP contribution in [0.4, 0.5) is 5.95 Å². The minimum Gasteiger partial charge on any atom is -0.352 e. The number of carbonyl (C=O) groups excluding carboxylic acids is 1. The zero-order valence-corrected chi connectivity index (χ0v) is 21.7. The third-order valence-electron chi connectivity index (χ3n) is 6.76. The summed E-state index contributed by atoms with van der Waals surface area (Å²) in [5, 5.41) is 3.80. The van der Waals surface area contributed by atoms with Gasteiger partial charge in [-0.05, 0) is 73.8 Å². The molecule has 0 unspecified atom stereocenters. The van der Waals surface area contributed by atoms with Gasteiger partial charge in [-0.25, -0.2) is 9.97 Å². The van der Waals surface area contributed by atoms with Crippen molar-refractivity contribution in [3.05, 3.63) is 87.7 Å². The number of carbonyl (C=O) groups is 1. The molecule has 184 valence electrons. The number of benzene rings is 2. The zero-order valence-electron chi connectivity index (χ0n) is 20.9. The van der Waals surface area contributed by atoms with E-state index in [1.165, 1.54) is 16.7 Å². The number of hydrogen-bond donors (Lipinski definition) is 1. The van der Waals surface area contributed by atoms with Gasteiger partial charge in [0, 0.05) is 24.3 Å². The smallest absolute Gasteiger partial charge is 0.254 e. The van der Waals surface area contributed by atoms with Crippen molar-refractivity contribution in [2.24, 2.45) is 5.92 Å². The standard InChI is InChI=1S/C29H35ClN4O/c1-20(2)16-17-31-28(35)25-19-32-29(33-26(25)15-12-22-8-5-4-7-21(22)3)34-18-6-9-27(34)23-10-13-24(30)14-11-23/h4-5,7-8,10-11,13-14,19-20,27H,6,9,12,15-18H2,1-3H3,(H,31,35)/t27-/m1/s1. The average molecular weight is 491 g/mol. The van der Waals surface area contributed by atoms with Crippen LogP contribution in [0.2, 0.25) is 5.02 Å². The van der Waals surface area contributed by atoms with Crippen molar-refractivity contribution < 1.29 is 4.79 Å². The van der Waals surface area contributed by atoms with Gasteiger partial charge in [-0.15, -0.1) is 0 Å². The van der Waals surface area contributed by atoms with Crippen LogP contribution in [0.1, 0.15) is 71.9 Å². The van der Waals surface area contributed by atoms with E-state index in [2.05, 4.69) is 72.4 Å². The van der Waals surface area contributed by atoms with Gasteiger partial charge in [0.2, 0.25) is 5.95 Å². The maximum absolute atomic E-state index is 13.1. The van der Waals surface area contributed by atoms with Crippen molar-refractivity contribution in [3.63, 3.8) is 0 Å². The molecule has 1 atom stereocenters. The number of anilines is 1. The van der Waals surface area contributed by atoms with Gasteiger partial charge in [-0.2, -0.15) is 0 Å². The fourth-order valence-corrected chi connectivity index (χ4v) is 4.80. The molecule has 0 radical (unpaired) electrons. The second kappa shape index (κ2) is 11.7. The quantitative estimate of drug-likeness (QED) is 0.380. The second-order valence-electron chi connectivity index (χ2n) is 9.80. The van der Waals surface area contributed by atoms with Crippen molar-refractivity contribution in [1.82, 2.24) is 15.3 Å². The summed E-state index contributed by atoms with van der Waals surface area (Å²) in [7, 11) is 0. The van der Waals surface area contributed by atoms with Gasteiger partial charge in [-0.3, -0.25) is 4.79 Å². The van der Waals surface area contributed by atoms with Gasteiger partial charge >= 0.3 is 0 Å². The van der Waals surface area contributed by atoms with Crippen molar-refractivity contribution in [2.75, 3.05) is 18.0 Å². The molecule has 0 aliphatic carbocycles. The topological polar surface area (TPSA) is 58.1 Å². The van der Waals surface area contributed by atoms with Gasteiger partial charge in [0.1, 0.15) is 0 Å². The first kappa shape index (κ1) is 25.2. The SMILES string of the molecule is Cc1ccccc1CCc1nc(N2CCC[C@@H]2c2ccc(Cl)cc2)ncc1C(=O)NCCC(C)C. The highest BCUT2D eigenvalue weighted by molar-refractivity contribution is 6.30. The molecule has 1 fully saturated rings. The van der Waals surface area contributed by atoms with Gasteiger partial charge in [0.05, 0.1) is 17.3 Å². The van der Waals surface area contributed by atoms with Crippen LogP contribution in [-0.4, -0.2) is 29.0 Å². The van der Waals surface area contributed by atoms with Crippen LogP contribution in [0.15, 0.2) is 54.7 Å². The molecule has 1 aromatic heterocycles. The van der Waals surface area contributed by atoms with Crippen molar-refractivity contribution in [1.29, 1.82) is 0 Å². The Bertz CT molecular complexity index is 1150. The fourth-order valence-electron chi connectivity index (χ4n) is 4.68. The molecular weight excluding hydrogens is 456 g/mol. The first-order chi connectivity index (χ1) is 16.9. The molecule has 1 N–H and O–H groups in total. The number of aryl methyl sites for hydroxylation is 3. The Hall–Kier alpha value is -2.92. The summed E-state index contributed by atoms with van der Waals surface area (Å²) in [5.74, 6) is 1.14. The highest BCUT2D eigenvalue weighted by atomic mass is 35.5. The van der Waals surface area contributed by atoms with E-state index < -0.39 is 0 Å². The average Bonchev–Trinajstić information content (AvgIpc) is 3.33. The van der Waals surface area contributed by atoms with Crippen LogP contribution in [0.3, 0.4) is 0 Å². The number of amides is 1. The van der Waals surface area contributed by atoms with E-state index in [0.717, 1.165) is 42.9 Å². The molecule has 5 nitrogen and oxygen atoms in total. The molecule has 2 heterocycles. The third kappa shape index (κ3) is 6.40. The monoisotopic (exact) mass is 490 g/mol. The highest BCUT2D eigenvalue weighted by Crippen LogP contribution is 2.35. The van der Waals surface area contributed by atoms with Crippen LogP contribution < -0.4 is 10.2 Å². The Morgan fingerprint density at radius 2 is 1.91 bits per heavy atom. The molecule has 4 rings (SSSR count). The summed E-state index contributed by atoms with van der Waals surface area (Å²) in [4.78, 5) is 25.0. The van der Waals surface area contributed by atoms with Gasteiger partial charge in [0.15, 0.2) is 0 Å².